The van der Waals surface area contributed by atoms with Crippen molar-refractivity contribution >= 4 is 5.91 Å². The first kappa shape index (κ1) is 12.4. The van der Waals surface area contributed by atoms with Crippen LogP contribution < -0.4 is 15.2 Å². The molecule has 0 aliphatic heterocycles. The topological polar surface area (TPSA) is 61.6 Å². The molecule has 0 radical (unpaired) electrons. The van der Waals surface area contributed by atoms with Crippen LogP contribution in [-0.4, -0.2) is 19.1 Å². The number of hydrogen-bond donors (Lipinski definition) is 1. The molecule has 1 amide bonds. The average molecular weight is 223 g/mol. The average Bonchev–Trinajstić information content (AvgIpc) is 2.25. The lowest BCUT2D eigenvalue weighted by atomic mass is 10.1. The lowest BCUT2D eigenvalue weighted by molar-refractivity contribution is -0.126. The zero-order chi connectivity index (χ0) is 12.1. The molecule has 1 aromatic carbocycles. The van der Waals surface area contributed by atoms with Crippen molar-refractivity contribution in [3.63, 3.8) is 0 Å². The van der Waals surface area contributed by atoms with Gasteiger partial charge in [0.2, 0.25) is 0 Å². The maximum Gasteiger partial charge on any atom is 0.258 e. The molecule has 0 aliphatic carbocycles. The summed E-state index contributed by atoms with van der Waals surface area (Å²) in [6.07, 6.45) is -0.618. The molecule has 1 rings (SSSR count). The summed E-state index contributed by atoms with van der Waals surface area (Å²) in [6, 6.07) is 7.09. The molecule has 0 spiro atoms. The lowest BCUT2D eigenvalue weighted by Gasteiger charge is -2.19. The molecule has 0 aromatic heterocycles. The van der Waals surface area contributed by atoms with E-state index in [4.69, 9.17) is 15.2 Å². The molecule has 4 heteroatoms. The molecule has 0 bridgehead atoms. The van der Waals surface area contributed by atoms with Crippen molar-refractivity contribution < 1.29 is 14.3 Å². The zero-order valence-corrected chi connectivity index (χ0v) is 9.77. The van der Waals surface area contributed by atoms with Gasteiger partial charge in [0.1, 0.15) is 11.5 Å². The molecule has 0 saturated heterocycles. The molecule has 1 unspecified atom stereocenters. The molecule has 1 aromatic rings. The van der Waals surface area contributed by atoms with Crippen LogP contribution in [-0.2, 0) is 4.79 Å². The number of carbonyl (C=O) groups is 1. The van der Waals surface area contributed by atoms with Crippen LogP contribution in [0, 0.1) is 5.92 Å². The van der Waals surface area contributed by atoms with E-state index in [1.165, 1.54) is 0 Å². The van der Waals surface area contributed by atoms with Crippen molar-refractivity contribution in [1.82, 2.24) is 0 Å². The van der Waals surface area contributed by atoms with Crippen LogP contribution in [0.25, 0.3) is 0 Å². The van der Waals surface area contributed by atoms with Crippen molar-refractivity contribution in [2.75, 3.05) is 7.11 Å². The number of hydrogen-bond acceptors (Lipinski definition) is 3. The van der Waals surface area contributed by atoms with E-state index in [-0.39, 0.29) is 5.92 Å². The predicted octanol–water partition coefficient (Wildman–Crippen LogP) is 1.58. The summed E-state index contributed by atoms with van der Waals surface area (Å²) in [5, 5.41) is 0. The molecule has 0 aliphatic rings. The second-order valence-corrected chi connectivity index (χ2v) is 3.86. The van der Waals surface area contributed by atoms with E-state index in [9.17, 15) is 4.79 Å². The first-order chi connectivity index (χ1) is 7.54. The highest BCUT2D eigenvalue weighted by Crippen LogP contribution is 2.21. The highest BCUT2D eigenvalue weighted by atomic mass is 16.5. The highest BCUT2D eigenvalue weighted by Gasteiger charge is 2.21. The Morgan fingerprint density at radius 1 is 1.31 bits per heavy atom. The van der Waals surface area contributed by atoms with E-state index >= 15 is 0 Å². The Morgan fingerprint density at radius 2 is 1.94 bits per heavy atom. The number of carbonyl (C=O) groups excluding carboxylic acids is 1. The molecule has 0 heterocycles. The Labute approximate surface area is 95.3 Å². The van der Waals surface area contributed by atoms with Gasteiger partial charge in [-0.25, -0.2) is 0 Å². The van der Waals surface area contributed by atoms with E-state index in [2.05, 4.69) is 0 Å². The molecule has 16 heavy (non-hydrogen) atoms. The second-order valence-electron chi connectivity index (χ2n) is 3.86. The molecular weight excluding hydrogens is 206 g/mol. The van der Waals surface area contributed by atoms with Crippen LogP contribution in [0.4, 0.5) is 0 Å². The minimum atomic E-state index is -0.618. The van der Waals surface area contributed by atoms with E-state index in [0.29, 0.717) is 11.5 Å². The van der Waals surface area contributed by atoms with Crippen molar-refractivity contribution in [2.45, 2.75) is 20.0 Å². The summed E-state index contributed by atoms with van der Waals surface area (Å²) < 4.78 is 10.6. The minimum absolute atomic E-state index is 0.0312. The third-order valence-corrected chi connectivity index (χ3v) is 2.19. The maximum atomic E-state index is 11.2. The van der Waals surface area contributed by atoms with Gasteiger partial charge in [0.25, 0.3) is 5.91 Å². The van der Waals surface area contributed by atoms with E-state index < -0.39 is 12.0 Å². The van der Waals surface area contributed by atoms with Crippen LogP contribution >= 0.6 is 0 Å². The number of rotatable bonds is 5. The van der Waals surface area contributed by atoms with Gasteiger partial charge in [-0.05, 0) is 18.1 Å². The standard InChI is InChI=1S/C12H17NO3/c1-8(2)11(12(13)14)16-10-6-4-5-9(7-10)15-3/h4-8,11H,1-3H3,(H2,13,14). The van der Waals surface area contributed by atoms with E-state index in [1.54, 1.807) is 25.3 Å². The van der Waals surface area contributed by atoms with Gasteiger partial charge < -0.3 is 15.2 Å². The first-order valence-electron chi connectivity index (χ1n) is 5.14. The van der Waals surface area contributed by atoms with Crippen LogP contribution in [0.3, 0.4) is 0 Å². The monoisotopic (exact) mass is 223 g/mol. The van der Waals surface area contributed by atoms with Crippen molar-refractivity contribution in [1.29, 1.82) is 0 Å². The number of methoxy groups -OCH3 is 1. The van der Waals surface area contributed by atoms with E-state index in [0.717, 1.165) is 0 Å². The Hall–Kier alpha value is -1.71. The summed E-state index contributed by atoms with van der Waals surface area (Å²) in [5.41, 5.74) is 5.26. The van der Waals surface area contributed by atoms with Gasteiger partial charge in [-0.15, -0.1) is 0 Å². The minimum Gasteiger partial charge on any atom is -0.497 e. The summed E-state index contributed by atoms with van der Waals surface area (Å²) in [5.74, 6) is 0.836. The van der Waals surface area contributed by atoms with Gasteiger partial charge in [-0.3, -0.25) is 4.79 Å². The Balaban J connectivity index is 2.81. The molecule has 4 nitrogen and oxygen atoms in total. The smallest absolute Gasteiger partial charge is 0.258 e. The number of benzene rings is 1. The van der Waals surface area contributed by atoms with Crippen molar-refractivity contribution in [3.8, 4) is 11.5 Å². The quantitative estimate of drug-likeness (QED) is 0.824. The molecule has 88 valence electrons. The fourth-order valence-corrected chi connectivity index (χ4v) is 1.34. The third-order valence-electron chi connectivity index (χ3n) is 2.19. The van der Waals surface area contributed by atoms with Gasteiger partial charge >= 0.3 is 0 Å². The maximum absolute atomic E-state index is 11.2. The SMILES string of the molecule is COc1cccc(OC(C(N)=O)C(C)C)c1. The van der Waals surface area contributed by atoms with E-state index in [1.807, 2.05) is 19.9 Å². The number of nitrogens with two attached hydrogens (primary N) is 1. The number of amides is 1. The molecule has 1 atom stereocenters. The highest BCUT2D eigenvalue weighted by molar-refractivity contribution is 5.79. The van der Waals surface area contributed by atoms with Gasteiger partial charge in [0.15, 0.2) is 6.10 Å². The lowest BCUT2D eigenvalue weighted by Crippen LogP contribution is -2.37. The first-order valence-corrected chi connectivity index (χ1v) is 5.14. The van der Waals surface area contributed by atoms with Crippen molar-refractivity contribution in [3.05, 3.63) is 24.3 Å². The Kier molecular flexibility index (Phi) is 4.17. The molecule has 0 fully saturated rings. The number of primary amides is 1. The predicted molar refractivity (Wildman–Crippen MR) is 61.4 cm³/mol. The van der Waals surface area contributed by atoms with Crippen LogP contribution in [0.15, 0.2) is 24.3 Å². The van der Waals surface area contributed by atoms with Crippen molar-refractivity contribution in [2.24, 2.45) is 11.7 Å². The van der Waals surface area contributed by atoms with Crippen LogP contribution in [0.1, 0.15) is 13.8 Å². The Morgan fingerprint density at radius 3 is 2.44 bits per heavy atom. The fraction of sp³-hybridized carbons (Fsp3) is 0.417. The normalized spacial score (nSPS) is 12.2. The summed E-state index contributed by atoms with van der Waals surface area (Å²) in [6.45, 7) is 3.77. The summed E-state index contributed by atoms with van der Waals surface area (Å²) in [7, 11) is 1.58. The van der Waals surface area contributed by atoms with Crippen LogP contribution in [0.5, 0.6) is 11.5 Å². The summed E-state index contributed by atoms with van der Waals surface area (Å²) >= 11 is 0. The van der Waals surface area contributed by atoms with Gasteiger partial charge in [-0.1, -0.05) is 19.9 Å². The van der Waals surface area contributed by atoms with Crippen LogP contribution in [0.2, 0.25) is 0 Å². The largest absolute Gasteiger partial charge is 0.497 e. The number of ether oxygens (including phenoxy) is 2. The van der Waals surface area contributed by atoms with Gasteiger partial charge in [0, 0.05) is 6.07 Å². The fourth-order valence-electron chi connectivity index (χ4n) is 1.34. The van der Waals surface area contributed by atoms with Gasteiger partial charge in [-0.2, -0.15) is 0 Å². The summed E-state index contributed by atoms with van der Waals surface area (Å²) in [4.78, 5) is 11.2. The third kappa shape index (κ3) is 3.15. The Bertz CT molecular complexity index is 363. The van der Waals surface area contributed by atoms with Gasteiger partial charge in [0.05, 0.1) is 7.11 Å². The second kappa shape index (κ2) is 5.39. The molecular formula is C12H17NO3. The molecule has 0 saturated carbocycles. The zero-order valence-electron chi connectivity index (χ0n) is 9.77. The molecule has 2 N–H and O–H groups in total.